The highest BCUT2D eigenvalue weighted by atomic mass is 16.5. The van der Waals surface area contributed by atoms with E-state index in [1.54, 1.807) is 0 Å². The molecule has 0 unspecified atom stereocenters. The van der Waals surface area contributed by atoms with E-state index in [2.05, 4.69) is 9.68 Å². The summed E-state index contributed by atoms with van der Waals surface area (Å²) in [5.41, 5.74) is -0.0307. The van der Waals surface area contributed by atoms with E-state index in [0.29, 0.717) is 12.2 Å². The first-order valence-corrected chi connectivity index (χ1v) is 2.93. The summed E-state index contributed by atoms with van der Waals surface area (Å²) in [5, 5.41) is 11.7. The van der Waals surface area contributed by atoms with E-state index < -0.39 is 5.97 Å². The van der Waals surface area contributed by atoms with Crippen molar-refractivity contribution < 1.29 is 14.4 Å². The fraction of sp³-hybridized carbons (Fsp3) is 0.333. The zero-order chi connectivity index (χ0) is 7.56. The number of carboxylic acid groups (broad SMARTS) is 1. The number of nitrogens with zero attached hydrogens (tertiary/aromatic N) is 1. The van der Waals surface area contributed by atoms with Crippen molar-refractivity contribution in [1.29, 1.82) is 0 Å². The van der Waals surface area contributed by atoms with Crippen LogP contribution in [0.1, 0.15) is 23.2 Å². The van der Waals surface area contributed by atoms with Crippen LogP contribution in [0, 0.1) is 0 Å². The minimum absolute atomic E-state index is 0.0307. The number of aryl methyl sites for hydroxylation is 1. The van der Waals surface area contributed by atoms with Gasteiger partial charge in [-0.25, -0.2) is 4.79 Å². The summed E-state index contributed by atoms with van der Waals surface area (Å²) >= 11 is 0. The molecule has 0 amide bonds. The summed E-state index contributed by atoms with van der Waals surface area (Å²) < 4.78 is 4.64. The number of carboxylic acids is 1. The maximum absolute atomic E-state index is 10.2. The summed E-state index contributed by atoms with van der Waals surface area (Å²) in [4.78, 5) is 10.2. The number of carbonyl (C=O) groups is 1. The van der Waals surface area contributed by atoms with Gasteiger partial charge in [-0.1, -0.05) is 12.1 Å². The number of aromatic nitrogens is 1. The molecule has 4 heteroatoms. The molecule has 0 fully saturated rings. The molecule has 0 radical (unpaired) electrons. The van der Waals surface area contributed by atoms with Crippen LogP contribution in [0.3, 0.4) is 0 Å². The minimum atomic E-state index is -1.05. The largest absolute Gasteiger partial charge is 0.476 e. The van der Waals surface area contributed by atoms with Crippen molar-refractivity contribution in [2.75, 3.05) is 0 Å². The van der Waals surface area contributed by atoms with E-state index in [0.717, 1.165) is 0 Å². The Bertz CT molecular complexity index is 241. The van der Waals surface area contributed by atoms with E-state index >= 15 is 0 Å². The van der Waals surface area contributed by atoms with Crippen LogP contribution in [-0.2, 0) is 6.42 Å². The number of hydrogen-bond donors (Lipinski definition) is 1. The van der Waals surface area contributed by atoms with Crippen molar-refractivity contribution in [2.24, 2.45) is 0 Å². The van der Waals surface area contributed by atoms with Crippen molar-refractivity contribution in [1.82, 2.24) is 5.16 Å². The van der Waals surface area contributed by atoms with Crippen molar-refractivity contribution >= 4 is 5.97 Å². The average Bonchev–Trinajstić information content (AvgIpc) is 2.34. The monoisotopic (exact) mass is 141 g/mol. The summed E-state index contributed by atoms with van der Waals surface area (Å²) in [6.45, 7) is 1.87. The topological polar surface area (TPSA) is 63.3 Å². The Morgan fingerprint density at radius 2 is 2.60 bits per heavy atom. The van der Waals surface area contributed by atoms with Gasteiger partial charge in [0.2, 0.25) is 0 Å². The van der Waals surface area contributed by atoms with Crippen LogP contribution >= 0.6 is 0 Å². The number of hydrogen-bond acceptors (Lipinski definition) is 3. The zero-order valence-electron chi connectivity index (χ0n) is 5.50. The average molecular weight is 141 g/mol. The molecule has 0 bridgehead atoms. The predicted molar refractivity (Wildman–Crippen MR) is 32.8 cm³/mol. The van der Waals surface area contributed by atoms with E-state index in [-0.39, 0.29) is 5.69 Å². The number of rotatable bonds is 2. The van der Waals surface area contributed by atoms with Gasteiger partial charge in [-0.3, -0.25) is 0 Å². The van der Waals surface area contributed by atoms with Gasteiger partial charge in [-0.05, 0) is 0 Å². The summed E-state index contributed by atoms with van der Waals surface area (Å²) in [5.74, 6) is -0.458. The molecule has 0 aromatic carbocycles. The van der Waals surface area contributed by atoms with Gasteiger partial charge in [0.05, 0.1) is 0 Å². The summed E-state index contributed by atoms with van der Waals surface area (Å²) in [6, 6.07) is 1.42. The van der Waals surface area contributed by atoms with Gasteiger partial charge in [-0.15, -0.1) is 0 Å². The van der Waals surface area contributed by atoms with Gasteiger partial charge in [0.15, 0.2) is 5.69 Å². The van der Waals surface area contributed by atoms with Gasteiger partial charge < -0.3 is 9.63 Å². The fourth-order valence-electron chi connectivity index (χ4n) is 0.580. The zero-order valence-corrected chi connectivity index (χ0v) is 5.50. The third-order valence-corrected chi connectivity index (χ3v) is 1.13. The first-order valence-electron chi connectivity index (χ1n) is 2.93. The normalized spacial score (nSPS) is 9.70. The molecule has 0 atom stereocenters. The molecule has 0 aliphatic carbocycles. The second kappa shape index (κ2) is 2.51. The van der Waals surface area contributed by atoms with E-state index in [9.17, 15) is 4.79 Å². The predicted octanol–water partition coefficient (Wildman–Crippen LogP) is 0.935. The number of aromatic carboxylic acids is 1. The molecule has 54 valence electrons. The van der Waals surface area contributed by atoms with Crippen molar-refractivity contribution in [3.05, 3.63) is 17.5 Å². The molecular formula is C6H7NO3. The summed E-state index contributed by atoms with van der Waals surface area (Å²) in [6.07, 6.45) is 0.667. The van der Waals surface area contributed by atoms with Crippen molar-refractivity contribution in [3.63, 3.8) is 0 Å². The Labute approximate surface area is 57.4 Å². The third-order valence-electron chi connectivity index (χ3n) is 1.13. The molecule has 1 rings (SSSR count). The Kier molecular flexibility index (Phi) is 1.71. The fourth-order valence-corrected chi connectivity index (χ4v) is 0.580. The highest BCUT2D eigenvalue weighted by Gasteiger charge is 2.08. The quantitative estimate of drug-likeness (QED) is 0.665. The van der Waals surface area contributed by atoms with E-state index in [1.807, 2.05) is 6.92 Å². The second-order valence-electron chi connectivity index (χ2n) is 1.84. The van der Waals surface area contributed by atoms with Gasteiger partial charge >= 0.3 is 5.97 Å². The van der Waals surface area contributed by atoms with Gasteiger partial charge in [0.25, 0.3) is 0 Å². The molecule has 0 aliphatic rings. The Morgan fingerprint density at radius 3 is 2.90 bits per heavy atom. The van der Waals surface area contributed by atoms with Crippen LogP contribution in [0.2, 0.25) is 0 Å². The van der Waals surface area contributed by atoms with Crippen LogP contribution < -0.4 is 0 Å². The molecule has 0 spiro atoms. The molecule has 0 saturated heterocycles. The molecule has 0 aliphatic heterocycles. The first kappa shape index (κ1) is 6.80. The van der Waals surface area contributed by atoms with E-state index in [4.69, 9.17) is 5.11 Å². The third kappa shape index (κ3) is 1.15. The lowest BCUT2D eigenvalue weighted by atomic mass is 10.3. The van der Waals surface area contributed by atoms with E-state index in [1.165, 1.54) is 6.07 Å². The lowest BCUT2D eigenvalue weighted by Gasteiger charge is -1.77. The lowest BCUT2D eigenvalue weighted by Crippen LogP contribution is -1.94. The minimum Gasteiger partial charge on any atom is -0.476 e. The van der Waals surface area contributed by atoms with Crippen LogP contribution in [0.15, 0.2) is 10.6 Å². The molecule has 1 aromatic rings. The molecule has 4 nitrogen and oxygen atoms in total. The van der Waals surface area contributed by atoms with Crippen LogP contribution in [0.5, 0.6) is 0 Å². The van der Waals surface area contributed by atoms with Gasteiger partial charge in [0, 0.05) is 12.5 Å². The standard InChI is InChI=1S/C6H7NO3/c1-2-4-3-5(6(8)9)7-10-4/h3H,2H2,1H3,(H,8,9). The van der Waals surface area contributed by atoms with Gasteiger partial charge in [-0.2, -0.15) is 0 Å². The molecule has 10 heavy (non-hydrogen) atoms. The Hall–Kier alpha value is -1.32. The maximum atomic E-state index is 10.2. The SMILES string of the molecule is CCc1cc(C(=O)O)no1. The van der Waals surface area contributed by atoms with Crippen LogP contribution in [0.25, 0.3) is 0 Å². The molecule has 0 saturated carbocycles. The van der Waals surface area contributed by atoms with Crippen molar-refractivity contribution in [3.8, 4) is 0 Å². The molecule has 1 heterocycles. The molecule has 1 aromatic heterocycles. The molecular weight excluding hydrogens is 134 g/mol. The Balaban J connectivity index is 2.88. The maximum Gasteiger partial charge on any atom is 0.358 e. The van der Waals surface area contributed by atoms with Crippen molar-refractivity contribution in [2.45, 2.75) is 13.3 Å². The summed E-state index contributed by atoms with van der Waals surface area (Å²) in [7, 11) is 0. The van der Waals surface area contributed by atoms with Crippen LogP contribution in [0.4, 0.5) is 0 Å². The highest BCUT2D eigenvalue weighted by Crippen LogP contribution is 2.02. The first-order chi connectivity index (χ1) is 4.74. The lowest BCUT2D eigenvalue weighted by molar-refractivity contribution is 0.0685. The second-order valence-corrected chi connectivity index (χ2v) is 1.84. The Morgan fingerprint density at radius 1 is 1.90 bits per heavy atom. The highest BCUT2D eigenvalue weighted by molar-refractivity contribution is 5.85. The molecule has 1 N–H and O–H groups in total. The van der Waals surface area contributed by atoms with Gasteiger partial charge in [0.1, 0.15) is 5.76 Å². The van der Waals surface area contributed by atoms with Crippen LogP contribution in [-0.4, -0.2) is 16.2 Å². The smallest absolute Gasteiger partial charge is 0.358 e.